The number of ether oxygens (including phenoxy) is 1. The molecular weight excluding hydrogens is 188 g/mol. The van der Waals surface area contributed by atoms with E-state index in [0.29, 0.717) is 5.92 Å². The van der Waals surface area contributed by atoms with Crippen LogP contribution in [0.5, 0.6) is 0 Å². The molecule has 0 radical (unpaired) electrons. The van der Waals surface area contributed by atoms with Crippen LogP contribution in [0.4, 0.5) is 0 Å². The van der Waals surface area contributed by atoms with E-state index in [4.69, 9.17) is 4.74 Å². The van der Waals surface area contributed by atoms with Crippen LogP contribution in [0.15, 0.2) is 23.8 Å². The number of carbonyl (C=O) groups is 1. The molecule has 0 bridgehead atoms. The number of ketones is 1. The third-order valence-corrected chi connectivity index (χ3v) is 3.38. The fourth-order valence-corrected chi connectivity index (χ4v) is 2.37. The fraction of sp³-hybridized carbons (Fsp3) is 0.615. The molecular formula is C13H18O2. The van der Waals surface area contributed by atoms with E-state index in [1.807, 2.05) is 13.0 Å². The highest BCUT2D eigenvalue weighted by atomic mass is 16.5. The molecule has 0 N–H and O–H groups in total. The van der Waals surface area contributed by atoms with Gasteiger partial charge in [-0.05, 0) is 39.2 Å². The van der Waals surface area contributed by atoms with Gasteiger partial charge >= 0.3 is 0 Å². The second kappa shape index (κ2) is 4.31. The van der Waals surface area contributed by atoms with E-state index in [0.717, 1.165) is 0 Å². The Morgan fingerprint density at radius 1 is 1.47 bits per heavy atom. The lowest BCUT2D eigenvalue weighted by molar-refractivity contribution is -0.130. The van der Waals surface area contributed by atoms with E-state index in [1.165, 1.54) is 24.8 Å². The van der Waals surface area contributed by atoms with Crippen LogP contribution in [0.2, 0.25) is 0 Å². The van der Waals surface area contributed by atoms with Crippen LogP contribution in [-0.2, 0) is 9.53 Å². The summed E-state index contributed by atoms with van der Waals surface area (Å²) in [6.07, 6.45) is 9.34. The first-order chi connectivity index (χ1) is 7.18. The SMILES string of the molecule is CC1=CCCC[C@H]1[C@@H]1C=CC(=O)[C@H](C)O1. The minimum Gasteiger partial charge on any atom is -0.362 e. The third-order valence-electron chi connectivity index (χ3n) is 3.38. The molecule has 2 heteroatoms. The molecule has 1 heterocycles. The van der Waals surface area contributed by atoms with Crippen molar-refractivity contribution in [3.63, 3.8) is 0 Å². The normalized spacial score (nSPS) is 36.5. The summed E-state index contributed by atoms with van der Waals surface area (Å²) in [5.74, 6) is 0.564. The summed E-state index contributed by atoms with van der Waals surface area (Å²) in [4.78, 5) is 11.3. The highest BCUT2D eigenvalue weighted by Crippen LogP contribution is 2.31. The average molecular weight is 206 g/mol. The maximum absolute atomic E-state index is 11.3. The Balaban J connectivity index is 2.11. The summed E-state index contributed by atoms with van der Waals surface area (Å²) < 4.78 is 5.73. The Morgan fingerprint density at radius 3 is 2.93 bits per heavy atom. The summed E-state index contributed by atoms with van der Waals surface area (Å²) >= 11 is 0. The number of hydrogen-bond donors (Lipinski definition) is 0. The molecule has 0 spiro atoms. The molecule has 0 saturated heterocycles. The summed E-state index contributed by atoms with van der Waals surface area (Å²) in [6, 6.07) is 0. The molecule has 15 heavy (non-hydrogen) atoms. The minimum absolute atomic E-state index is 0.0868. The van der Waals surface area contributed by atoms with Crippen molar-refractivity contribution >= 4 is 5.78 Å². The second-order valence-corrected chi connectivity index (χ2v) is 4.49. The van der Waals surface area contributed by atoms with Gasteiger partial charge in [-0.15, -0.1) is 0 Å². The van der Waals surface area contributed by atoms with Crippen molar-refractivity contribution in [3.05, 3.63) is 23.8 Å². The van der Waals surface area contributed by atoms with Gasteiger partial charge in [0.1, 0.15) is 6.10 Å². The average Bonchev–Trinajstić information content (AvgIpc) is 2.23. The largest absolute Gasteiger partial charge is 0.362 e. The summed E-state index contributed by atoms with van der Waals surface area (Å²) in [5.41, 5.74) is 1.41. The van der Waals surface area contributed by atoms with Crippen LogP contribution in [0.25, 0.3) is 0 Å². The zero-order chi connectivity index (χ0) is 10.8. The summed E-state index contributed by atoms with van der Waals surface area (Å²) in [5, 5.41) is 0. The number of rotatable bonds is 1. The van der Waals surface area contributed by atoms with E-state index in [2.05, 4.69) is 13.0 Å². The van der Waals surface area contributed by atoms with E-state index in [1.54, 1.807) is 6.08 Å². The molecule has 0 fully saturated rings. The predicted molar refractivity (Wildman–Crippen MR) is 59.6 cm³/mol. The van der Waals surface area contributed by atoms with Gasteiger partial charge in [0.25, 0.3) is 0 Å². The predicted octanol–water partition coefficient (Wildman–Crippen LogP) is 2.65. The summed E-state index contributed by atoms with van der Waals surface area (Å²) in [7, 11) is 0. The molecule has 1 aliphatic heterocycles. The van der Waals surface area contributed by atoms with Crippen LogP contribution in [0.3, 0.4) is 0 Å². The van der Waals surface area contributed by atoms with Gasteiger partial charge in [0.2, 0.25) is 0 Å². The molecule has 0 saturated carbocycles. The first-order valence-electron chi connectivity index (χ1n) is 5.72. The highest BCUT2D eigenvalue weighted by Gasteiger charge is 2.29. The molecule has 3 atom stereocenters. The summed E-state index contributed by atoms with van der Waals surface area (Å²) in [6.45, 7) is 4.00. The van der Waals surface area contributed by atoms with Crippen LogP contribution in [0.1, 0.15) is 33.1 Å². The van der Waals surface area contributed by atoms with Gasteiger partial charge in [0, 0.05) is 5.92 Å². The lowest BCUT2D eigenvalue weighted by Gasteiger charge is -2.32. The van der Waals surface area contributed by atoms with Crippen LogP contribution in [0, 0.1) is 5.92 Å². The maximum Gasteiger partial charge on any atom is 0.183 e. The molecule has 0 aromatic rings. The van der Waals surface area contributed by atoms with Gasteiger partial charge in [-0.2, -0.15) is 0 Å². The van der Waals surface area contributed by atoms with Crippen LogP contribution < -0.4 is 0 Å². The van der Waals surface area contributed by atoms with Crippen molar-refractivity contribution in [2.75, 3.05) is 0 Å². The first-order valence-corrected chi connectivity index (χ1v) is 5.72. The van der Waals surface area contributed by atoms with E-state index >= 15 is 0 Å². The highest BCUT2D eigenvalue weighted by molar-refractivity contribution is 5.93. The number of carbonyl (C=O) groups excluding carboxylic acids is 1. The lowest BCUT2D eigenvalue weighted by Crippen LogP contribution is -2.35. The number of hydrogen-bond acceptors (Lipinski definition) is 2. The Kier molecular flexibility index (Phi) is 3.06. The molecule has 82 valence electrons. The van der Waals surface area contributed by atoms with E-state index in [-0.39, 0.29) is 18.0 Å². The van der Waals surface area contributed by atoms with Crippen molar-refractivity contribution in [1.29, 1.82) is 0 Å². The van der Waals surface area contributed by atoms with Crippen molar-refractivity contribution in [2.45, 2.75) is 45.3 Å². The van der Waals surface area contributed by atoms with Crippen molar-refractivity contribution < 1.29 is 9.53 Å². The Morgan fingerprint density at radius 2 is 2.27 bits per heavy atom. The third kappa shape index (κ3) is 2.20. The van der Waals surface area contributed by atoms with Gasteiger partial charge < -0.3 is 4.74 Å². The second-order valence-electron chi connectivity index (χ2n) is 4.49. The van der Waals surface area contributed by atoms with Gasteiger partial charge in [0.05, 0.1) is 6.10 Å². The van der Waals surface area contributed by atoms with E-state index in [9.17, 15) is 4.79 Å². The van der Waals surface area contributed by atoms with Gasteiger partial charge in [-0.3, -0.25) is 4.79 Å². The smallest absolute Gasteiger partial charge is 0.183 e. The number of allylic oxidation sites excluding steroid dienone is 1. The fourth-order valence-electron chi connectivity index (χ4n) is 2.37. The van der Waals surface area contributed by atoms with Crippen molar-refractivity contribution in [2.24, 2.45) is 5.92 Å². The zero-order valence-corrected chi connectivity index (χ0v) is 9.40. The quantitative estimate of drug-likeness (QED) is 0.616. The molecule has 0 unspecified atom stereocenters. The van der Waals surface area contributed by atoms with Crippen LogP contribution >= 0.6 is 0 Å². The maximum atomic E-state index is 11.3. The molecule has 2 nitrogen and oxygen atoms in total. The monoisotopic (exact) mass is 206 g/mol. The van der Waals surface area contributed by atoms with Crippen molar-refractivity contribution in [3.8, 4) is 0 Å². The van der Waals surface area contributed by atoms with Gasteiger partial charge in [-0.25, -0.2) is 0 Å². The Hall–Kier alpha value is -0.890. The zero-order valence-electron chi connectivity index (χ0n) is 9.40. The van der Waals surface area contributed by atoms with Crippen molar-refractivity contribution in [1.82, 2.24) is 0 Å². The molecule has 0 aromatic carbocycles. The van der Waals surface area contributed by atoms with E-state index < -0.39 is 0 Å². The molecule has 1 aliphatic carbocycles. The molecule has 2 aliphatic rings. The van der Waals surface area contributed by atoms with Crippen LogP contribution in [-0.4, -0.2) is 18.0 Å². The topological polar surface area (TPSA) is 26.3 Å². The molecule has 0 aromatic heterocycles. The minimum atomic E-state index is -0.269. The first kappa shape index (κ1) is 10.6. The Labute approximate surface area is 91.0 Å². The molecule has 0 amide bonds. The standard InChI is InChI=1S/C13H18O2/c1-9-5-3-4-6-11(9)13-8-7-12(14)10(2)15-13/h5,7-8,10-11,13H,3-4,6H2,1-2H3/t10-,11+,13-/m0/s1. The Bertz CT molecular complexity index is 314. The van der Waals surface area contributed by atoms with Gasteiger partial charge in [0.15, 0.2) is 5.78 Å². The van der Waals surface area contributed by atoms with Gasteiger partial charge in [-0.1, -0.05) is 17.7 Å². The lowest BCUT2D eigenvalue weighted by atomic mass is 9.83. The molecule has 2 rings (SSSR count).